The highest BCUT2D eigenvalue weighted by molar-refractivity contribution is 7.48. The fraction of sp³-hybridized carbons (Fsp3) is 0.600. The molecule has 0 aromatic carbocycles. The molecule has 0 aromatic heterocycles. The van der Waals surface area contributed by atoms with E-state index in [4.69, 9.17) is 4.52 Å². The van der Waals surface area contributed by atoms with Crippen LogP contribution in [0.1, 0.15) is 26.7 Å². The zero-order valence-electron chi connectivity index (χ0n) is 9.78. The van der Waals surface area contributed by atoms with Gasteiger partial charge in [0.2, 0.25) is 0 Å². The van der Waals surface area contributed by atoms with E-state index in [0.29, 0.717) is 5.76 Å². The highest BCUT2D eigenvalue weighted by atomic mass is 31.2. The topological polar surface area (TPSA) is 44.8 Å². The first-order chi connectivity index (χ1) is 7.02. The van der Waals surface area contributed by atoms with Crippen molar-refractivity contribution >= 4 is 7.82 Å². The molecule has 15 heavy (non-hydrogen) atoms. The van der Waals surface area contributed by atoms with Gasteiger partial charge in [-0.15, -0.1) is 0 Å². The van der Waals surface area contributed by atoms with Gasteiger partial charge in [0.15, 0.2) is 0 Å². The van der Waals surface area contributed by atoms with Gasteiger partial charge in [0, 0.05) is 14.2 Å². The van der Waals surface area contributed by atoms with Crippen molar-refractivity contribution in [3.8, 4) is 0 Å². The maximum absolute atomic E-state index is 11.7. The molecular formula is C10H19O4P. The molecule has 0 amide bonds. The molecular weight excluding hydrogens is 215 g/mol. The fourth-order valence-corrected chi connectivity index (χ4v) is 1.62. The Balaban J connectivity index is 4.76. The second kappa shape index (κ2) is 6.83. The third-order valence-corrected chi connectivity index (χ3v) is 3.14. The van der Waals surface area contributed by atoms with E-state index in [1.54, 1.807) is 6.08 Å². The third-order valence-electron chi connectivity index (χ3n) is 1.82. The Labute approximate surface area is 91.5 Å². The smallest absolute Gasteiger partial charge is 0.404 e. The molecule has 5 heteroatoms. The summed E-state index contributed by atoms with van der Waals surface area (Å²) in [6, 6.07) is 0. The van der Waals surface area contributed by atoms with Crippen LogP contribution < -0.4 is 0 Å². The van der Waals surface area contributed by atoms with Crippen molar-refractivity contribution in [3.05, 3.63) is 24.0 Å². The van der Waals surface area contributed by atoms with Crippen LogP contribution in [0.5, 0.6) is 0 Å². The van der Waals surface area contributed by atoms with Crippen LogP contribution in [-0.2, 0) is 18.1 Å². The molecule has 0 bridgehead atoms. The lowest BCUT2D eigenvalue weighted by atomic mass is 10.2. The molecule has 0 aliphatic heterocycles. The summed E-state index contributed by atoms with van der Waals surface area (Å²) in [5.74, 6) is 0.479. The second-order valence-electron chi connectivity index (χ2n) is 2.84. The van der Waals surface area contributed by atoms with E-state index < -0.39 is 7.82 Å². The van der Waals surface area contributed by atoms with E-state index in [-0.39, 0.29) is 0 Å². The first-order valence-electron chi connectivity index (χ1n) is 4.82. The first-order valence-corrected chi connectivity index (χ1v) is 6.28. The number of rotatable bonds is 7. The minimum Gasteiger partial charge on any atom is -0.404 e. The molecule has 0 rings (SSSR count). The third kappa shape index (κ3) is 4.65. The van der Waals surface area contributed by atoms with Crippen molar-refractivity contribution in [1.82, 2.24) is 0 Å². The average molecular weight is 234 g/mol. The normalized spacial score (nSPS) is 12.7. The van der Waals surface area contributed by atoms with Crippen LogP contribution >= 0.6 is 7.82 Å². The summed E-state index contributed by atoms with van der Waals surface area (Å²) in [4.78, 5) is 0. The zero-order chi connectivity index (χ0) is 11.9. The van der Waals surface area contributed by atoms with Crippen LogP contribution in [0.4, 0.5) is 0 Å². The van der Waals surface area contributed by atoms with Gasteiger partial charge in [-0.1, -0.05) is 20.4 Å². The van der Waals surface area contributed by atoms with Gasteiger partial charge < -0.3 is 4.52 Å². The summed E-state index contributed by atoms with van der Waals surface area (Å²) in [7, 11) is -0.903. The molecule has 0 heterocycles. The number of phosphoric acid groups is 1. The van der Waals surface area contributed by atoms with Gasteiger partial charge in [-0.25, -0.2) is 4.57 Å². The highest BCUT2D eigenvalue weighted by Gasteiger charge is 2.26. The molecule has 0 saturated carbocycles. The predicted molar refractivity (Wildman–Crippen MR) is 60.5 cm³/mol. The number of allylic oxidation sites excluding steroid dienone is 2. The molecule has 0 spiro atoms. The molecule has 88 valence electrons. The van der Waals surface area contributed by atoms with Crippen molar-refractivity contribution in [2.24, 2.45) is 0 Å². The summed E-state index contributed by atoms with van der Waals surface area (Å²) < 4.78 is 26.3. The quantitative estimate of drug-likeness (QED) is 0.383. The number of hydrogen-bond acceptors (Lipinski definition) is 4. The van der Waals surface area contributed by atoms with Crippen molar-refractivity contribution in [2.45, 2.75) is 26.7 Å². The van der Waals surface area contributed by atoms with Gasteiger partial charge in [0.05, 0.1) is 0 Å². The first kappa shape index (κ1) is 14.4. The molecule has 4 nitrogen and oxygen atoms in total. The molecule has 0 fully saturated rings. The Morgan fingerprint density at radius 1 is 1.33 bits per heavy atom. The van der Waals surface area contributed by atoms with Gasteiger partial charge in [0.1, 0.15) is 5.76 Å². The van der Waals surface area contributed by atoms with Gasteiger partial charge >= 0.3 is 7.82 Å². The molecule has 0 aromatic rings. The van der Waals surface area contributed by atoms with E-state index in [1.165, 1.54) is 14.2 Å². The minimum absolute atomic E-state index is 0.479. The predicted octanol–water partition coefficient (Wildman–Crippen LogP) is 3.66. The maximum Gasteiger partial charge on any atom is 0.529 e. The summed E-state index contributed by atoms with van der Waals surface area (Å²) in [6.45, 7) is 7.72. The summed E-state index contributed by atoms with van der Waals surface area (Å²) in [6.07, 6.45) is 3.29. The zero-order valence-corrected chi connectivity index (χ0v) is 10.7. The number of hydrogen-bond donors (Lipinski definition) is 0. The fourth-order valence-electron chi connectivity index (χ4n) is 0.875. The van der Waals surface area contributed by atoms with Crippen LogP contribution in [0.15, 0.2) is 24.0 Å². The largest absolute Gasteiger partial charge is 0.529 e. The van der Waals surface area contributed by atoms with Crippen molar-refractivity contribution < 1.29 is 18.1 Å². The molecule has 0 radical (unpaired) electrons. The molecule has 0 N–H and O–H groups in total. The lowest BCUT2D eigenvalue weighted by Crippen LogP contribution is -1.97. The highest BCUT2D eigenvalue weighted by Crippen LogP contribution is 2.50. The Hall–Kier alpha value is -0.570. The van der Waals surface area contributed by atoms with Gasteiger partial charge in [0.25, 0.3) is 0 Å². The van der Waals surface area contributed by atoms with E-state index in [9.17, 15) is 4.57 Å². The average Bonchev–Trinajstić information content (AvgIpc) is 2.27. The van der Waals surface area contributed by atoms with Gasteiger partial charge in [-0.05, 0) is 24.5 Å². The Morgan fingerprint density at radius 3 is 2.20 bits per heavy atom. The van der Waals surface area contributed by atoms with Gasteiger partial charge in [-0.2, -0.15) is 0 Å². The van der Waals surface area contributed by atoms with E-state index in [0.717, 1.165) is 18.4 Å². The maximum atomic E-state index is 11.7. The summed E-state index contributed by atoms with van der Waals surface area (Å²) in [5.41, 5.74) is 0.770. The Bertz CT molecular complexity index is 275. The Morgan fingerprint density at radius 2 is 1.87 bits per heavy atom. The SMILES string of the molecule is C=C(CC)C(=CCC)OP(=O)(OC)OC. The standard InChI is InChI=1S/C10H19O4P/c1-6-8-10(9(3)7-2)14-15(11,12-4)13-5/h8H,3,6-7H2,1-2,4-5H3. The minimum atomic E-state index is -3.46. The van der Waals surface area contributed by atoms with Gasteiger partial charge in [-0.3, -0.25) is 9.05 Å². The van der Waals surface area contributed by atoms with Crippen molar-refractivity contribution in [1.29, 1.82) is 0 Å². The molecule has 0 aliphatic rings. The van der Waals surface area contributed by atoms with Crippen LogP contribution in [0.25, 0.3) is 0 Å². The molecule has 0 unspecified atom stereocenters. The molecule has 0 saturated heterocycles. The van der Waals surface area contributed by atoms with Crippen molar-refractivity contribution in [3.63, 3.8) is 0 Å². The van der Waals surface area contributed by atoms with Crippen LogP contribution in [0, 0.1) is 0 Å². The molecule has 0 aliphatic carbocycles. The van der Waals surface area contributed by atoms with Crippen LogP contribution in [0.2, 0.25) is 0 Å². The van der Waals surface area contributed by atoms with E-state index in [1.807, 2.05) is 13.8 Å². The second-order valence-corrected chi connectivity index (χ2v) is 4.64. The van der Waals surface area contributed by atoms with Crippen molar-refractivity contribution in [2.75, 3.05) is 14.2 Å². The van der Waals surface area contributed by atoms with Crippen LogP contribution in [-0.4, -0.2) is 14.2 Å². The summed E-state index contributed by atoms with van der Waals surface area (Å²) >= 11 is 0. The Kier molecular flexibility index (Phi) is 6.57. The van der Waals surface area contributed by atoms with E-state index in [2.05, 4.69) is 15.6 Å². The monoisotopic (exact) mass is 234 g/mol. The van der Waals surface area contributed by atoms with Crippen LogP contribution in [0.3, 0.4) is 0 Å². The molecule has 0 atom stereocenters. The van der Waals surface area contributed by atoms with E-state index >= 15 is 0 Å². The lowest BCUT2D eigenvalue weighted by Gasteiger charge is -2.17. The number of phosphoric ester groups is 1. The summed E-state index contributed by atoms with van der Waals surface area (Å²) in [5, 5.41) is 0. The lowest BCUT2D eigenvalue weighted by molar-refractivity contribution is 0.184.